The van der Waals surface area contributed by atoms with Gasteiger partial charge in [0.2, 0.25) is 5.95 Å². The second kappa shape index (κ2) is 7.93. The molecule has 1 aromatic heterocycles. The second-order valence-corrected chi connectivity index (χ2v) is 6.33. The van der Waals surface area contributed by atoms with E-state index in [1.807, 2.05) is 72.8 Å². The minimum absolute atomic E-state index is 0.431. The van der Waals surface area contributed by atoms with Crippen LogP contribution in [-0.2, 0) is 6.61 Å². The van der Waals surface area contributed by atoms with E-state index in [0.717, 1.165) is 27.9 Å². The lowest BCUT2D eigenvalue weighted by molar-refractivity contribution is 0.306. The average molecular weight is 377 g/mol. The number of rotatable bonds is 6. The SMILES string of the molecule is Clc1ccccc1COc1ccc(/C=N\Nc2nc3ccccc3[nH]2)cc1. The van der Waals surface area contributed by atoms with E-state index >= 15 is 0 Å². The van der Waals surface area contributed by atoms with Crippen molar-refractivity contribution in [1.29, 1.82) is 0 Å². The maximum atomic E-state index is 6.14. The molecule has 0 saturated heterocycles. The summed E-state index contributed by atoms with van der Waals surface area (Å²) in [6.07, 6.45) is 1.73. The lowest BCUT2D eigenvalue weighted by Crippen LogP contribution is -1.96. The summed E-state index contributed by atoms with van der Waals surface area (Å²) in [6.45, 7) is 0.431. The van der Waals surface area contributed by atoms with Crippen LogP contribution in [0.5, 0.6) is 5.75 Å². The molecule has 4 rings (SSSR count). The fourth-order valence-corrected chi connectivity index (χ4v) is 2.79. The molecule has 0 bridgehead atoms. The first-order chi connectivity index (χ1) is 13.3. The normalized spacial score (nSPS) is 11.1. The molecule has 0 atom stereocenters. The Kier molecular flexibility index (Phi) is 5.03. The third-order valence-corrected chi connectivity index (χ3v) is 4.37. The zero-order valence-corrected chi connectivity index (χ0v) is 15.1. The highest BCUT2D eigenvalue weighted by Gasteiger charge is 2.01. The highest BCUT2D eigenvalue weighted by Crippen LogP contribution is 2.19. The topological polar surface area (TPSA) is 62.3 Å². The summed E-state index contributed by atoms with van der Waals surface area (Å²) in [6, 6.07) is 23.2. The van der Waals surface area contributed by atoms with Gasteiger partial charge in [-0.15, -0.1) is 0 Å². The Morgan fingerprint density at radius 3 is 2.59 bits per heavy atom. The van der Waals surface area contributed by atoms with Crippen molar-refractivity contribution in [3.63, 3.8) is 0 Å². The van der Waals surface area contributed by atoms with Gasteiger partial charge >= 0.3 is 0 Å². The maximum absolute atomic E-state index is 6.14. The number of benzene rings is 3. The fraction of sp³-hybridized carbons (Fsp3) is 0.0476. The van der Waals surface area contributed by atoms with Crippen molar-refractivity contribution >= 4 is 34.8 Å². The first-order valence-corrected chi connectivity index (χ1v) is 8.86. The van der Waals surface area contributed by atoms with Crippen molar-refractivity contribution in [3.05, 3.63) is 88.9 Å². The number of aromatic amines is 1. The highest BCUT2D eigenvalue weighted by atomic mass is 35.5. The van der Waals surface area contributed by atoms with Crippen LogP contribution in [0.2, 0.25) is 5.02 Å². The summed E-state index contributed by atoms with van der Waals surface area (Å²) < 4.78 is 5.78. The molecule has 0 amide bonds. The van der Waals surface area contributed by atoms with Crippen LogP contribution in [0, 0.1) is 0 Å². The Morgan fingerprint density at radius 1 is 1.00 bits per heavy atom. The summed E-state index contributed by atoms with van der Waals surface area (Å²) in [7, 11) is 0. The summed E-state index contributed by atoms with van der Waals surface area (Å²) in [5, 5.41) is 4.92. The third-order valence-electron chi connectivity index (χ3n) is 4.01. The minimum atomic E-state index is 0.431. The van der Waals surface area contributed by atoms with Crippen molar-refractivity contribution in [3.8, 4) is 5.75 Å². The molecule has 0 aliphatic rings. The molecule has 0 saturated carbocycles. The number of ether oxygens (including phenoxy) is 1. The summed E-state index contributed by atoms with van der Waals surface area (Å²) >= 11 is 6.14. The number of hydrazone groups is 1. The smallest absolute Gasteiger partial charge is 0.222 e. The van der Waals surface area contributed by atoms with Gasteiger partial charge < -0.3 is 9.72 Å². The standard InChI is InChI=1S/C21H17ClN4O/c22-18-6-2-1-5-16(18)14-27-17-11-9-15(10-12-17)13-23-26-21-24-19-7-3-4-8-20(19)25-21/h1-13H,14H2,(H2,24,25,26)/b23-13-. The van der Waals surface area contributed by atoms with Gasteiger partial charge in [-0.1, -0.05) is 41.9 Å². The molecular formula is C21H17ClN4O. The van der Waals surface area contributed by atoms with E-state index in [9.17, 15) is 0 Å². The van der Waals surface area contributed by atoms with Crippen LogP contribution < -0.4 is 10.2 Å². The van der Waals surface area contributed by atoms with Gasteiger partial charge in [-0.25, -0.2) is 10.4 Å². The molecule has 2 N–H and O–H groups in total. The molecule has 0 unspecified atom stereocenters. The largest absolute Gasteiger partial charge is 0.489 e. The molecule has 0 aliphatic heterocycles. The Labute approximate surface area is 161 Å². The Bertz CT molecular complexity index is 1040. The summed E-state index contributed by atoms with van der Waals surface area (Å²) in [5.41, 5.74) is 6.68. The predicted octanol–water partition coefficient (Wildman–Crippen LogP) is 5.24. The lowest BCUT2D eigenvalue weighted by atomic mass is 10.2. The predicted molar refractivity (Wildman–Crippen MR) is 110 cm³/mol. The quantitative estimate of drug-likeness (QED) is 0.357. The molecule has 0 aliphatic carbocycles. The van der Waals surface area contributed by atoms with E-state index in [-0.39, 0.29) is 0 Å². The van der Waals surface area contributed by atoms with Crippen LogP contribution in [0.1, 0.15) is 11.1 Å². The molecule has 0 spiro atoms. The lowest BCUT2D eigenvalue weighted by Gasteiger charge is -2.07. The second-order valence-electron chi connectivity index (χ2n) is 5.92. The van der Waals surface area contributed by atoms with Crippen molar-refractivity contribution in [2.75, 3.05) is 5.43 Å². The van der Waals surface area contributed by atoms with Gasteiger partial charge in [0.1, 0.15) is 12.4 Å². The van der Waals surface area contributed by atoms with E-state index in [4.69, 9.17) is 16.3 Å². The van der Waals surface area contributed by atoms with Crippen LogP contribution in [-0.4, -0.2) is 16.2 Å². The average Bonchev–Trinajstić information content (AvgIpc) is 3.11. The highest BCUT2D eigenvalue weighted by molar-refractivity contribution is 6.31. The van der Waals surface area contributed by atoms with Crippen LogP contribution in [0.3, 0.4) is 0 Å². The minimum Gasteiger partial charge on any atom is -0.489 e. The van der Waals surface area contributed by atoms with Gasteiger partial charge in [-0.05, 0) is 48.0 Å². The van der Waals surface area contributed by atoms with Crippen LogP contribution in [0.25, 0.3) is 11.0 Å². The fourth-order valence-electron chi connectivity index (χ4n) is 2.60. The molecule has 5 nitrogen and oxygen atoms in total. The zero-order valence-electron chi connectivity index (χ0n) is 14.4. The Hall–Kier alpha value is -3.31. The van der Waals surface area contributed by atoms with Crippen LogP contribution in [0.4, 0.5) is 5.95 Å². The number of para-hydroxylation sites is 2. The third kappa shape index (κ3) is 4.27. The number of nitrogens with one attached hydrogen (secondary N) is 2. The van der Waals surface area contributed by atoms with Gasteiger partial charge in [0.15, 0.2) is 0 Å². The van der Waals surface area contributed by atoms with Crippen molar-refractivity contribution < 1.29 is 4.74 Å². The zero-order chi connectivity index (χ0) is 18.5. The number of halogens is 1. The molecule has 4 aromatic rings. The number of imidazole rings is 1. The van der Waals surface area contributed by atoms with Crippen molar-refractivity contribution in [2.24, 2.45) is 5.10 Å². The Balaban J connectivity index is 1.34. The van der Waals surface area contributed by atoms with E-state index in [1.54, 1.807) is 6.21 Å². The number of hydrogen-bond donors (Lipinski definition) is 2. The molecule has 0 radical (unpaired) electrons. The van der Waals surface area contributed by atoms with E-state index in [1.165, 1.54) is 0 Å². The Morgan fingerprint density at radius 2 is 1.78 bits per heavy atom. The van der Waals surface area contributed by atoms with Crippen LogP contribution in [0.15, 0.2) is 77.9 Å². The molecular weight excluding hydrogens is 360 g/mol. The van der Waals surface area contributed by atoms with Gasteiger partial charge in [-0.2, -0.15) is 5.10 Å². The van der Waals surface area contributed by atoms with Gasteiger partial charge in [-0.3, -0.25) is 0 Å². The number of H-pyrrole nitrogens is 1. The number of anilines is 1. The monoisotopic (exact) mass is 376 g/mol. The number of hydrogen-bond acceptors (Lipinski definition) is 4. The van der Waals surface area contributed by atoms with E-state index in [0.29, 0.717) is 17.6 Å². The maximum Gasteiger partial charge on any atom is 0.222 e. The summed E-state index contributed by atoms with van der Waals surface area (Å²) in [5.74, 6) is 1.38. The molecule has 27 heavy (non-hydrogen) atoms. The molecule has 134 valence electrons. The summed E-state index contributed by atoms with van der Waals surface area (Å²) in [4.78, 5) is 7.57. The molecule has 1 heterocycles. The van der Waals surface area contributed by atoms with Gasteiger partial charge in [0.05, 0.1) is 17.2 Å². The first kappa shape index (κ1) is 17.1. The van der Waals surface area contributed by atoms with Crippen molar-refractivity contribution in [2.45, 2.75) is 6.61 Å². The number of aromatic nitrogens is 2. The number of nitrogens with zero attached hydrogens (tertiary/aromatic N) is 2. The molecule has 0 fully saturated rings. The molecule has 3 aromatic carbocycles. The van der Waals surface area contributed by atoms with E-state index < -0.39 is 0 Å². The number of fused-ring (bicyclic) bond motifs is 1. The van der Waals surface area contributed by atoms with Crippen molar-refractivity contribution in [1.82, 2.24) is 9.97 Å². The first-order valence-electron chi connectivity index (χ1n) is 8.48. The van der Waals surface area contributed by atoms with E-state index in [2.05, 4.69) is 20.5 Å². The van der Waals surface area contributed by atoms with Gasteiger partial charge in [0, 0.05) is 10.6 Å². The van der Waals surface area contributed by atoms with Gasteiger partial charge in [0.25, 0.3) is 0 Å². The van der Waals surface area contributed by atoms with Crippen LogP contribution >= 0.6 is 11.6 Å². The molecule has 6 heteroatoms.